The van der Waals surface area contributed by atoms with Gasteiger partial charge in [-0.3, -0.25) is 0 Å². The number of nitrogens with one attached hydrogen (secondary N) is 1. The van der Waals surface area contributed by atoms with E-state index in [1.165, 1.54) is 6.33 Å². The van der Waals surface area contributed by atoms with Gasteiger partial charge in [0.1, 0.15) is 6.33 Å². The van der Waals surface area contributed by atoms with Crippen molar-refractivity contribution in [2.24, 2.45) is 7.05 Å². The van der Waals surface area contributed by atoms with Gasteiger partial charge in [-0.1, -0.05) is 0 Å². The monoisotopic (exact) mass is 156 g/mol. The van der Waals surface area contributed by atoms with Crippen molar-refractivity contribution in [2.45, 2.75) is 5.67 Å². The van der Waals surface area contributed by atoms with Crippen LogP contribution in [0.1, 0.15) is 5.82 Å². The van der Waals surface area contributed by atoms with Crippen LogP contribution in [0.2, 0.25) is 0 Å². The van der Waals surface area contributed by atoms with Crippen LogP contribution >= 0.6 is 0 Å². The van der Waals surface area contributed by atoms with Gasteiger partial charge in [-0.15, -0.1) is 10.2 Å². The number of halogens is 1. The van der Waals surface area contributed by atoms with E-state index in [-0.39, 0.29) is 0 Å². The van der Waals surface area contributed by atoms with Gasteiger partial charge in [-0.05, 0) is 0 Å². The first kappa shape index (κ1) is 6.72. The normalized spacial score (nSPS) is 21.3. The fourth-order valence-electron chi connectivity index (χ4n) is 1.19. The second-order valence-electron chi connectivity index (χ2n) is 2.83. The molecule has 0 amide bonds. The Morgan fingerprint density at radius 2 is 2.45 bits per heavy atom. The van der Waals surface area contributed by atoms with Crippen LogP contribution in [-0.4, -0.2) is 27.9 Å². The highest BCUT2D eigenvalue weighted by Crippen LogP contribution is 2.27. The molecule has 0 atom stereocenters. The third-order valence-corrected chi connectivity index (χ3v) is 1.92. The molecule has 0 bridgehead atoms. The maximum absolute atomic E-state index is 13.5. The first-order chi connectivity index (χ1) is 5.22. The summed E-state index contributed by atoms with van der Waals surface area (Å²) >= 11 is 0. The molecule has 0 spiro atoms. The largest absolute Gasteiger partial charge is 0.318 e. The van der Waals surface area contributed by atoms with E-state index in [2.05, 4.69) is 15.5 Å². The molecule has 60 valence electrons. The van der Waals surface area contributed by atoms with Crippen molar-refractivity contribution in [3.05, 3.63) is 12.2 Å². The van der Waals surface area contributed by atoms with Gasteiger partial charge in [0.25, 0.3) is 0 Å². The lowest BCUT2D eigenvalue weighted by Gasteiger charge is -2.33. The zero-order valence-electron chi connectivity index (χ0n) is 6.21. The zero-order chi connectivity index (χ0) is 7.90. The van der Waals surface area contributed by atoms with Crippen LogP contribution in [0.3, 0.4) is 0 Å². The van der Waals surface area contributed by atoms with Gasteiger partial charge in [0, 0.05) is 20.1 Å². The molecule has 1 aromatic rings. The summed E-state index contributed by atoms with van der Waals surface area (Å²) in [5.41, 5.74) is -1.29. The number of alkyl halides is 1. The average Bonchev–Trinajstić information content (AvgIpc) is 2.30. The number of rotatable bonds is 1. The molecule has 2 rings (SSSR count). The lowest BCUT2D eigenvalue weighted by molar-refractivity contribution is 0.0750. The molecule has 5 heteroatoms. The summed E-state index contributed by atoms with van der Waals surface area (Å²) in [5, 5.41) is 10.2. The zero-order valence-corrected chi connectivity index (χ0v) is 6.21. The van der Waals surface area contributed by atoms with E-state index in [1.54, 1.807) is 11.6 Å². The molecule has 1 fully saturated rings. The quantitative estimate of drug-likeness (QED) is 0.600. The lowest BCUT2D eigenvalue weighted by atomic mass is 9.99. The molecular formula is C6H9FN4. The van der Waals surface area contributed by atoms with Gasteiger partial charge in [0.05, 0.1) is 0 Å². The van der Waals surface area contributed by atoms with Crippen LogP contribution in [0, 0.1) is 0 Å². The van der Waals surface area contributed by atoms with Crippen LogP contribution in [0.25, 0.3) is 0 Å². The van der Waals surface area contributed by atoms with Gasteiger partial charge in [0.15, 0.2) is 11.5 Å². The van der Waals surface area contributed by atoms with Crippen molar-refractivity contribution in [2.75, 3.05) is 13.1 Å². The maximum Gasteiger partial charge on any atom is 0.194 e. The molecule has 0 radical (unpaired) electrons. The van der Waals surface area contributed by atoms with Crippen molar-refractivity contribution >= 4 is 0 Å². The highest BCUT2D eigenvalue weighted by Gasteiger charge is 2.42. The van der Waals surface area contributed by atoms with E-state index in [0.717, 1.165) is 0 Å². The van der Waals surface area contributed by atoms with E-state index >= 15 is 0 Å². The highest BCUT2D eigenvalue weighted by atomic mass is 19.1. The van der Waals surface area contributed by atoms with Crippen LogP contribution in [0.15, 0.2) is 6.33 Å². The Morgan fingerprint density at radius 3 is 2.82 bits per heavy atom. The summed E-state index contributed by atoms with van der Waals surface area (Å²) in [6.07, 6.45) is 1.51. The minimum atomic E-state index is -1.29. The first-order valence-corrected chi connectivity index (χ1v) is 3.46. The van der Waals surface area contributed by atoms with Crippen molar-refractivity contribution in [3.8, 4) is 0 Å². The Morgan fingerprint density at radius 1 is 1.73 bits per heavy atom. The Bertz CT molecular complexity index is 265. The predicted molar refractivity (Wildman–Crippen MR) is 36.7 cm³/mol. The molecule has 0 saturated carbocycles. The standard InChI is InChI=1S/C6H9FN4/c1-11-4-9-10-5(11)6(7)2-8-3-6/h4,8H,2-3H2,1H3. The summed E-state index contributed by atoms with van der Waals surface area (Å²) in [6, 6.07) is 0. The Kier molecular flexibility index (Phi) is 1.23. The van der Waals surface area contributed by atoms with Crippen molar-refractivity contribution in [1.82, 2.24) is 20.1 Å². The van der Waals surface area contributed by atoms with Crippen LogP contribution in [0.4, 0.5) is 4.39 Å². The van der Waals surface area contributed by atoms with E-state index in [1.807, 2.05) is 0 Å². The lowest BCUT2D eigenvalue weighted by Crippen LogP contribution is -2.54. The van der Waals surface area contributed by atoms with Crippen LogP contribution in [0.5, 0.6) is 0 Å². The molecule has 1 aliphatic heterocycles. The van der Waals surface area contributed by atoms with Gasteiger partial charge >= 0.3 is 0 Å². The Labute approximate surface area is 63.4 Å². The fourth-order valence-corrected chi connectivity index (χ4v) is 1.19. The van der Waals surface area contributed by atoms with Gasteiger partial charge in [-0.2, -0.15) is 0 Å². The second-order valence-corrected chi connectivity index (χ2v) is 2.83. The first-order valence-electron chi connectivity index (χ1n) is 3.46. The molecule has 1 saturated heterocycles. The van der Waals surface area contributed by atoms with Gasteiger partial charge in [0.2, 0.25) is 0 Å². The highest BCUT2D eigenvalue weighted by molar-refractivity contribution is 5.09. The van der Waals surface area contributed by atoms with E-state index in [9.17, 15) is 4.39 Å². The number of nitrogens with zero attached hydrogens (tertiary/aromatic N) is 3. The smallest absolute Gasteiger partial charge is 0.194 e. The van der Waals surface area contributed by atoms with E-state index in [4.69, 9.17) is 0 Å². The molecule has 2 heterocycles. The molecule has 4 nitrogen and oxygen atoms in total. The Balaban J connectivity index is 2.35. The third-order valence-electron chi connectivity index (χ3n) is 1.92. The topological polar surface area (TPSA) is 42.7 Å². The van der Waals surface area contributed by atoms with E-state index < -0.39 is 5.67 Å². The molecule has 0 aliphatic carbocycles. The molecule has 1 aliphatic rings. The number of hydrogen-bond acceptors (Lipinski definition) is 3. The second kappa shape index (κ2) is 2.01. The number of hydrogen-bond donors (Lipinski definition) is 1. The van der Waals surface area contributed by atoms with Crippen LogP contribution in [-0.2, 0) is 12.7 Å². The van der Waals surface area contributed by atoms with Crippen molar-refractivity contribution in [3.63, 3.8) is 0 Å². The summed E-state index contributed by atoms with van der Waals surface area (Å²) in [4.78, 5) is 0. The third kappa shape index (κ3) is 0.841. The summed E-state index contributed by atoms with van der Waals surface area (Å²) in [6.45, 7) is 0.694. The number of aryl methyl sites for hydroxylation is 1. The van der Waals surface area contributed by atoms with Gasteiger partial charge in [-0.25, -0.2) is 4.39 Å². The minimum Gasteiger partial charge on any atom is -0.318 e. The van der Waals surface area contributed by atoms with Crippen molar-refractivity contribution < 1.29 is 4.39 Å². The summed E-state index contributed by atoms with van der Waals surface area (Å²) in [5.74, 6) is 0.413. The van der Waals surface area contributed by atoms with E-state index in [0.29, 0.717) is 18.9 Å². The maximum atomic E-state index is 13.5. The van der Waals surface area contributed by atoms with Crippen LogP contribution < -0.4 is 5.32 Å². The number of aromatic nitrogens is 3. The fraction of sp³-hybridized carbons (Fsp3) is 0.667. The minimum absolute atomic E-state index is 0.347. The molecule has 1 aromatic heterocycles. The molecular weight excluding hydrogens is 147 g/mol. The SMILES string of the molecule is Cn1cnnc1C1(F)CNC1. The van der Waals surface area contributed by atoms with Crippen molar-refractivity contribution in [1.29, 1.82) is 0 Å². The molecule has 11 heavy (non-hydrogen) atoms. The van der Waals surface area contributed by atoms with Gasteiger partial charge < -0.3 is 9.88 Å². The average molecular weight is 156 g/mol. The summed E-state index contributed by atoms with van der Waals surface area (Å²) in [7, 11) is 1.75. The predicted octanol–water partition coefficient (Wildman–Crippen LogP) is -0.417. The Hall–Kier alpha value is -0.970. The molecule has 0 unspecified atom stereocenters. The summed E-state index contributed by atoms with van der Waals surface area (Å²) < 4.78 is 15.2. The molecule has 1 N–H and O–H groups in total. The molecule has 0 aromatic carbocycles.